The van der Waals surface area contributed by atoms with Crippen LogP contribution in [0.2, 0.25) is 5.02 Å². The maximum atomic E-state index is 6.13. The van der Waals surface area contributed by atoms with Crippen LogP contribution in [0.1, 0.15) is 18.1 Å². The van der Waals surface area contributed by atoms with E-state index < -0.39 is 0 Å². The van der Waals surface area contributed by atoms with Gasteiger partial charge in [-0.3, -0.25) is 0 Å². The molecule has 0 N–H and O–H groups in total. The Morgan fingerprint density at radius 2 is 2.08 bits per heavy atom. The third-order valence-corrected chi connectivity index (χ3v) is 3.76. The molecular weight excluding hydrogens is 346 g/mol. The molecular formula is C18H18ClNO5. The average molecular weight is 364 g/mol. The first-order valence-electron chi connectivity index (χ1n) is 7.75. The number of fused-ring (bicyclic) bond motifs is 1. The number of ether oxygens (including phenoxy) is 4. The third kappa shape index (κ3) is 4.09. The lowest BCUT2D eigenvalue weighted by Gasteiger charge is -2.09. The summed E-state index contributed by atoms with van der Waals surface area (Å²) in [5, 5.41) is 4.47. The van der Waals surface area contributed by atoms with Crippen molar-refractivity contribution in [2.24, 2.45) is 5.16 Å². The Morgan fingerprint density at radius 1 is 1.20 bits per heavy atom. The second-order valence-corrected chi connectivity index (χ2v) is 5.57. The van der Waals surface area contributed by atoms with E-state index in [9.17, 15) is 0 Å². The standard InChI is InChI=1S/C18H18ClNO5/c1-3-22-15-5-4-12(7-16(15)21-2)9-20-25-10-13-6-14(19)18-17(8-13)23-11-24-18/h4-9H,3,10-11H2,1-2H3/b20-9+. The lowest BCUT2D eigenvalue weighted by atomic mass is 10.2. The molecule has 6 nitrogen and oxygen atoms in total. The molecule has 0 saturated heterocycles. The second-order valence-electron chi connectivity index (χ2n) is 5.16. The summed E-state index contributed by atoms with van der Waals surface area (Å²) < 4.78 is 21.4. The van der Waals surface area contributed by atoms with Gasteiger partial charge in [0.2, 0.25) is 6.79 Å². The van der Waals surface area contributed by atoms with Crippen molar-refractivity contribution in [3.8, 4) is 23.0 Å². The monoisotopic (exact) mass is 363 g/mol. The van der Waals surface area contributed by atoms with Crippen LogP contribution in [0.15, 0.2) is 35.5 Å². The Balaban J connectivity index is 1.61. The van der Waals surface area contributed by atoms with Crippen LogP contribution in [0.25, 0.3) is 0 Å². The molecule has 132 valence electrons. The van der Waals surface area contributed by atoms with Gasteiger partial charge in [0.25, 0.3) is 0 Å². The molecule has 1 aliphatic heterocycles. The third-order valence-electron chi connectivity index (χ3n) is 3.48. The SMILES string of the molecule is CCOc1ccc(/C=N/OCc2cc(Cl)c3c(c2)OCO3)cc1OC. The first-order chi connectivity index (χ1) is 12.2. The summed E-state index contributed by atoms with van der Waals surface area (Å²) in [5.74, 6) is 2.52. The van der Waals surface area contributed by atoms with Crippen molar-refractivity contribution in [2.75, 3.05) is 20.5 Å². The zero-order chi connectivity index (χ0) is 17.6. The zero-order valence-corrected chi connectivity index (χ0v) is 14.7. The van der Waals surface area contributed by atoms with E-state index in [1.165, 1.54) is 0 Å². The molecule has 0 saturated carbocycles. The van der Waals surface area contributed by atoms with Gasteiger partial charge in [-0.05, 0) is 42.8 Å². The highest BCUT2D eigenvalue weighted by molar-refractivity contribution is 6.32. The molecule has 0 radical (unpaired) electrons. The Bertz CT molecular complexity index is 778. The molecule has 0 bridgehead atoms. The van der Waals surface area contributed by atoms with Gasteiger partial charge >= 0.3 is 0 Å². The van der Waals surface area contributed by atoms with Crippen molar-refractivity contribution in [3.63, 3.8) is 0 Å². The second kappa shape index (κ2) is 7.98. The molecule has 0 spiro atoms. The topological polar surface area (TPSA) is 58.5 Å². The Labute approximate surface area is 150 Å². The average Bonchev–Trinajstić information content (AvgIpc) is 3.09. The fourth-order valence-electron chi connectivity index (χ4n) is 2.35. The minimum absolute atomic E-state index is 0.178. The molecule has 1 heterocycles. The van der Waals surface area contributed by atoms with Crippen LogP contribution < -0.4 is 18.9 Å². The number of nitrogens with zero attached hydrogens (tertiary/aromatic N) is 1. The first kappa shape index (κ1) is 17.2. The molecule has 0 aliphatic carbocycles. The van der Waals surface area contributed by atoms with Gasteiger partial charge in [-0.1, -0.05) is 16.8 Å². The van der Waals surface area contributed by atoms with Crippen LogP contribution in [0.4, 0.5) is 0 Å². The van der Waals surface area contributed by atoms with E-state index in [2.05, 4.69) is 5.16 Å². The molecule has 2 aromatic rings. The molecule has 0 amide bonds. The number of halogens is 1. The van der Waals surface area contributed by atoms with Gasteiger partial charge in [0.1, 0.15) is 6.61 Å². The summed E-state index contributed by atoms with van der Waals surface area (Å²) in [6, 6.07) is 9.13. The van der Waals surface area contributed by atoms with Crippen LogP contribution >= 0.6 is 11.6 Å². The molecule has 0 atom stereocenters. The number of rotatable bonds is 7. The Morgan fingerprint density at radius 3 is 2.88 bits per heavy atom. The highest BCUT2D eigenvalue weighted by atomic mass is 35.5. The highest BCUT2D eigenvalue weighted by Gasteiger charge is 2.18. The van der Waals surface area contributed by atoms with Crippen molar-refractivity contribution in [1.82, 2.24) is 0 Å². The number of oxime groups is 1. The maximum Gasteiger partial charge on any atom is 0.231 e. The number of hydrogen-bond acceptors (Lipinski definition) is 6. The van der Waals surface area contributed by atoms with Gasteiger partial charge in [0.05, 0.1) is 25.0 Å². The summed E-state index contributed by atoms with van der Waals surface area (Å²) in [5.41, 5.74) is 1.68. The molecule has 7 heteroatoms. The smallest absolute Gasteiger partial charge is 0.231 e. The molecule has 0 aromatic heterocycles. The molecule has 25 heavy (non-hydrogen) atoms. The van der Waals surface area contributed by atoms with E-state index in [4.69, 9.17) is 35.4 Å². The molecule has 3 rings (SSSR count). The largest absolute Gasteiger partial charge is 0.493 e. The Kier molecular flexibility index (Phi) is 5.50. The number of methoxy groups -OCH3 is 1. The van der Waals surface area contributed by atoms with Crippen LogP contribution in [0.5, 0.6) is 23.0 Å². The van der Waals surface area contributed by atoms with E-state index in [0.717, 1.165) is 11.1 Å². The predicted octanol–water partition coefficient (Wildman–Crippen LogP) is 4.03. The van der Waals surface area contributed by atoms with Crippen LogP contribution in [0, 0.1) is 0 Å². The molecule has 0 fully saturated rings. The number of benzene rings is 2. The Hall–Kier alpha value is -2.60. The quantitative estimate of drug-likeness (QED) is 0.549. The van der Waals surface area contributed by atoms with E-state index in [0.29, 0.717) is 34.6 Å². The van der Waals surface area contributed by atoms with E-state index >= 15 is 0 Å². The summed E-state index contributed by atoms with van der Waals surface area (Å²) >= 11 is 6.13. The normalized spacial score (nSPS) is 12.4. The van der Waals surface area contributed by atoms with Gasteiger partial charge < -0.3 is 23.8 Å². The molecule has 2 aromatic carbocycles. The maximum absolute atomic E-state index is 6.13. The van der Waals surface area contributed by atoms with Crippen molar-refractivity contribution < 1.29 is 23.8 Å². The van der Waals surface area contributed by atoms with Crippen molar-refractivity contribution in [1.29, 1.82) is 0 Å². The van der Waals surface area contributed by atoms with Crippen molar-refractivity contribution in [3.05, 3.63) is 46.5 Å². The van der Waals surface area contributed by atoms with Crippen molar-refractivity contribution in [2.45, 2.75) is 13.5 Å². The van der Waals surface area contributed by atoms with Crippen molar-refractivity contribution >= 4 is 17.8 Å². The molecule has 0 unspecified atom stereocenters. The highest BCUT2D eigenvalue weighted by Crippen LogP contribution is 2.39. The first-order valence-corrected chi connectivity index (χ1v) is 8.13. The minimum Gasteiger partial charge on any atom is -0.493 e. The van der Waals surface area contributed by atoms with Gasteiger partial charge in [-0.15, -0.1) is 0 Å². The lowest BCUT2D eigenvalue weighted by Crippen LogP contribution is -1.96. The van der Waals surface area contributed by atoms with Crippen LogP contribution in [0.3, 0.4) is 0 Å². The summed E-state index contributed by atoms with van der Waals surface area (Å²) in [6.07, 6.45) is 1.60. The summed E-state index contributed by atoms with van der Waals surface area (Å²) in [6.45, 7) is 2.94. The fourth-order valence-corrected chi connectivity index (χ4v) is 2.64. The zero-order valence-electron chi connectivity index (χ0n) is 14.0. The van der Waals surface area contributed by atoms with E-state index in [1.807, 2.05) is 31.2 Å². The van der Waals surface area contributed by atoms with Crippen LogP contribution in [-0.2, 0) is 11.4 Å². The minimum atomic E-state index is 0.178. The van der Waals surface area contributed by atoms with Gasteiger partial charge in [0, 0.05) is 5.56 Å². The number of hydrogen-bond donors (Lipinski definition) is 0. The van der Waals surface area contributed by atoms with E-state index in [-0.39, 0.29) is 13.4 Å². The van der Waals surface area contributed by atoms with Gasteiger partial charge in [-0.2, -0.15) is 0 Å². The van der Waals surface area contributed by atoms with E-state index in [1.54, 1.807) is 19.4 Å². The summed E-state index contributed by atoms with van der Waals surface area (Å²) in [7, 11) is 1.60. The summed E-state index contributed by atoms with van der Waals surface area (Å²) in [4.78, 5) is 5.33. The van der Waals surface area contributed by atoms with Crippen LogP contribution in [-0.4, -0.2) is 26.7 Å². The van der Waals surface area contributed by atoms with Gasteiger partial charge in [-0.25, -0.2) is 0 Å². The molecule has 1 aliphatic rings. The predicted molar refractivity (Wildman–Crippen MR) is 94.1 cm³/mol. The lowest BCUT2D eigenvalue weighted by molar-refractivity contribution is 0.132. The van der Waals surface area contributed by atoms with Gasteiger partial charge in [0.15, 0.2) is 23.0 Å². The fraction of sp³-hybridized carbons (Fsp3) is 0.278.